The van der Waals surface area contributed by atoms with Crippen molar-refractivity contribution in [1.29, 1.82) is 0 Å². The van der Waals surface area contributed by atoms with Gasteiger partial charge in [0.25, 0.3) is 0 Å². The van der Waals surface area contributed by atoms with E-state index in [0.717, 1.165) is 0 Å². The minimum Gasteiger partial charge on any atom is -0.472 e. The van der Waals surface area contributed by atoms with Crippen molar-refractivity contribution in [3.05, 3.63) is 48.1 Å². The number of ether oxygens (including phenoxy) is 1. The Hall–Kier alpha value is -2.50. The van der Waals surface area contributed by atoms with E-state index in [1.54, 1.807) is 13.0 Å². The molecule has 1 aromatic heterocycles. The van der Waals surface area contributed by atoms with Crippen molar-refractivity contribution in [3.8, 4) is 0 Å². The van der Waals surface area contributed by atoms with E-state index in [9.17, 15) is 9.59 Å². The molecular formula is C13H14N2O4. The molecule has 0 saturated heterocycles. The second-order valence-corrected chi connectivity index (χ2v) is 4.01. The summed E-state index contributed by atoms with van der Waals surface area (Å²) in [4.78, 5) is 23.5. The summed E-state index contributed by atoms with van der Waals surface area (Å²) in [6, 6.07) is 0.735. The molecule has 100 valence electrons. The first kappa shape index (κ1) is 12.9. The summed E-state index contributed by atoms with van der Waals surface area (Å²) < 4.78 is 10.0. The molecule has 0 aliphatic carbocycles. The highest BCUT2D eigenvalue weighted by Crippen LogP contribution is 2.27. The molecule has 1 aliphatic heterocycles. The van der Waals surface area contributed by atoms with Gasteiger partial charge >= 0.3 is 12.0 Å². The summed E-state index contributed by atoms with van der Waals surface area (Å²) >= 11 is 0. The van der Waals surface area contributed by atoms with Gasteiger partial charge in [-0.1, -0.05) is 12.7 Å². The minimum atomic E-state index is -0.579. The van der Waals surface area contributed by atoms with E-state index >= 15 is 0 Å². The fraction of sp³-hybridized carbons (Fsp3) is 0.231. The third-order valence-corrected chi connectivity index (χ3v) is 2.70. The van der Waals surface area contributed by atoms with Crippen LogP contribution < -0.4 is 10.6 Å². The van der Waals surface area contributed by atoms with Crippen LogP contribution in [-0.2, 0) is 9.53 Å². The molecule has 0 bridgehead atoms. The molecule has 6 nitrogen and oxygen atoms in total. The van der Waals surface area contributed by atoms with Crippen LogP contribution in [0.3, 0.4) is 0 Å². The van der Waals surface area contributed by atoms with Gasteiger partial charge in [-0.3, -0.25) is 0 Å². The zero-order valence-electron chi connectivity index (χ0n) is 10.4. The largest absolute Gasteiger partial charge is 0.472 e. The molecule has 1 atom stereocenters. The van der Waals surface area contributed by atoms with Crippen LogP contribution >= 0.6 is 0 Å². The van der Waals surface area contributed by atoms with Gasteiger partial charge in [-0.25, -0.2) is 9.59 Å². The van der Waals surface area contributed by atoms with Crippen LogP contribution in [0, 0.1) is 0 Å². The number of hydrogen-bond acceptors (Lipinski definition) is 4. The van der Waals surface area contributed by atoms with Crippen molar-refractivity contribution < 1.29 is 18.7 Å². The molecular weight excluding hydrogens is 248 g/mol. The van der Waals surface area contributed by atoms with E-state index in [1.807, 2.05) is 0 Å². The topological polar surface area (TPSA) is 80.6 Å². The molecule has 0 fully saturated rings. The third-order valence-electron chi connectivity index (χ3n) is 2.70. The number of nitrogens with one attached hydrogen (secondary N) is 2. The monoisotopic (exact) mass is 262 g/mol. The number of allylic oxidation sites excluding steroid dienone is 1. The summed E-state index contributed by atoms with van der Waals surface area (Å²) in [5.74, 6) is -0.504. The van der Waals surface area contributed by atoms with Gasteiger partial charge in [0.05, 0.1) is 24.1 Å². The van der Waals surface area contributed by atoms with Crippen LogP contribution in [0.15, 0.2) is 46.9 Å². The first-order valence-electron chi connectivity index (χ1n) is 5.72. The smallest absolute Gasteiger partial charge is 0.338 e. The summed E-state index contributed by atoms with van der Waals surface area (Å²) in [5, 5.41) is 5.21. The Morgan fingerprint density at radius 3 is 3.05 bits per heavy atom. The van der Waals surface area contributed by atoms with Gasteiger partial charge in [-0.2, -0.15) is 0 Å². The first-order chi connectivity index (χ1) is 9.13. The molecule has 6 heteroatoms. The standard InChI is InChI=1S/C13H14N2O4/c1-3-5-19-12(16)10-8(2)14-13(17)15-11(10)9-4-6-18-7-9/h3-4,6-7,11H,1,5H2,2H3,(H2,14,15,17). The van der Waals surface area contributed by atoms with Gasteiger partial charge in [0.2, 0.25) is 0 Å². The highest BCUT2D eigenvalue weighted by atomic mass is 16.5. The number of carbonyl (C=O) groups excluding carboxylic acids is 2. The summed E-state index contributed by atoms with van der Waals surface area (Å²) in [7, 11) is 0. The zero-order chi connectivity index (χ0) is 13.8. The van der Waals surface area contributed by atoms with Gasteiger partial charge in [-0.05, 0) is 13.0 Å². The van der Waals surface area contributed by atoms with Crippen molar-refractivity contribution in [3.63, 3.8) is 0 Å². The molecule has 2 N–H and O–H groups in total. The molecule has 0 radical (unpaired) electrons. The van der Waals surface area contributed by atoms with Gasteiger partial charge < -0.3 is 19.8 Å². The number of hydrogen-bond donors (Lipinski definition) is 2. The van der Waals surface area contributed by atoms with E-state index in [-0.39, 0.29) is 12.6 Å². The van der Waals surface area contributed by atoms with E-state index in [0.29, 0.717) is 16.8 Å². The quantitative estimate of drug-likeness (QED) is 0.638. The van der Waals surface area contributed by atoms with Crippen LogP contribution in [0.4, 0.5) is 4.79 Å². The Balaban J connectivity index is 2.33. The fourth-order valence-corrected chi connectivity index (χ4v) is 1.87. The van der Waals surface area contributed by atoms with Crippen molar-refractivity contribution in [1.82, 2.24) is 10.6 Å². The van der Waals surface area contributed by atoms with Gasteiger partial charge in [-0.15, -0.1) is 0 Å². The van der Waals surface area contributed by atoms with Crippen LogP contribution in [0.1, 0.15) is 18.5 Å². The summed E-state index contributed by atoms with van der Waals surface area (Å²) in [6.45, 7) is 5.25. The van der Waals surface area contributed by atoms with Crippen molar-refractivity contribution in [2.75, 3.05) is 6.61 Å². The lowest BCUT2D eigenvalue weighted by atomic mass is 9.98. The number of furan rings is 1. The average Bonchev–Trinajstić information content (AvgIpc) is 2.88. The van der Waals surface area contributed by atoms with Gasteiger partial charge in [0.15, 0.2) is 0 Å². The second kappa shape index (κ2) is 5.43. The van der Waals surface area contributed by atoms with Gasteiger partial charge in [0.1, 0.15) is 6.61 Å². The first-order valence-corrected chi connectivity index (χ1v) is 5.72. The summed E-state index contributed by atoms with van der Waals surface area (Å²) in [5.41, 5.74) is 1.49. The van der Waals surface area contributed by atoms with Gasteiger partial charge in [0, 0.05) is 11.3 Å². The minimum absolute atomic E-state index is 0.113. The molecule has 1 aromatic rings. The van der Waals surface area contributed by atoms with Crippen molar-refractivity contribution in [2.45, 2.75) is 13.0 Å². The van der Waals surface area contributed by atoms with E-state index in [2.05, 4.69) is 17.2 Å². The van der Waals surface area contributed by atoms with Crippen LogP contribution in [0.2, 0.25) is 0 Å². The maximum atomic E-state index is 12.0. The number of carbonyl (C=O) groups is 2. The second-order valence-electron chi connectivity index (χ2n) is 4.01. The Morgan fingerprint density at radius 2 is 2.42 bits per heavy atom. The lowest BCUT2D eigenvalue weighted by Gasteiger charge is -2.26. The molecule has 0 spiro atoms. The van der Waals surface area contributed by atoms with Crippen LogP contribution in [-0.4, -0.2) is 18.6 Å². The lowest BCUT2D eigenvalue weighted by molar-refractivity contribution is -0.138. The predicted molar refractivity (Wildman–Crippen MR) is 67.0 cm³/mol. The molecule has 2 rings (SSSR count). The Kier molecular flexibility index (Phi) is 3.70. The maximum Gasteiger partial charge on any atom is 0.338 e. The maximum absolute atomic E-state index is 12.0. The van der Waals surface area contributed by atoms with E-state index in [4.69, 9.17) is 9.15 Å². The average molecular weight is 262 g/mol. The Labute approximate surface area is 110 Å². The SMILES string of the molecule is C=CCOC(=O)C1=C(C)NC(=O)NC1c1ccoc1. The van der Waals surface area contributed by atoms with E-state index in [1.165, 1.54) is 18.6 Å². The van der Waals surface area contributed by atoms with Crippen LogP contribution in [0.25, 0.3) is 0 Å². The lowest BCUT2D eigenvalue weighted by Crippen LogP contribution is -2.45. The fourth-order valence-electron chi connectivity index (χ4n) is 1.87. The normalized spacial score (nSPS) is 18.6. The molecule has 0 saturated carbocycles. The molecule has 2 heterocycles. The Morgan fingerprint density at radius 1 is 1.63 bits per heavy atom. The van der Waals surface area contributed by atoms with E-state index < -0.39 is 12.0 Å². The predicted octanol–water partition coefficient (Wildman–Crippen LogP) is 1.64. The highest BCUT2D eigenvalue weighted by Gasteiger charge is 2.32. The van der Waals surface area contributed by atoms with Crippen molar-refractivity contribution >= 4 is 12.0 Å². The Bertz CT molecular complexity index is 531. The number of esters is 1. The highest BCUT2D eigenvalue weighted by molar-refractivity contribution is 5.95. The van der Waals surface area contributed by atoms with Crippen molar-refractivity contribution in [2.24, 2.45) is 0 Å². The number of rotatable bonds is 4. The molecule has 2 amide bonds. The number of urea groups is 1. The molecule has 1 unspecified atom stereocenters. The molecule has 1 aliphatic rings. The number of amides is 2. The third kappa shape index (κ3) is 2.67. The summed E-state index contributed by atoms with van der Waals surface area (Å²) in [6.07, 6.45) is 4.44. The zero-order valence-corrected chi connectivity index (χ0v) is 10.4. The molecule has 19 heavy (non-hydrogen) atoms. The molecule has 0 aromatic carbocycles. The van der Waals surface area contributed by atoms with Crippen LogP contribution in [0.5, 0.6) is 0 Å².